The molecule has 0 aromatic heterocycles. The lowest BCUT2D eigenvalue weighted by molar-refractivity contribution is -0.459. The van der Waals surface area contributed by atoms with Crippen LogP contribution in [0.1, 0.15) is 38.5 Å². The number of rotatable bonds is 8. The molecule has 0 atom stereocenters. The van der Waals surface area contributed by atoms with Crippen LogP contribution in [-0.2, 0) is 4.79 Å². The molecule has 0 bridgehead atoms. The molecular formula is C16H14F17NO. The minimum Gasteiger partial charge on any atom is -0.348 e. The van der Waals surface area contributed by atoms with Gasteiger partial charge in [-0.3, -0.25) is 4.79 Å². The average Bonchev–Trinajstić information content (AvgIpc) is 2.94. The Bertz CT molecular complexity index is 765. The second-order valence-electron chi connectivity index (χ2n) is 7.68. The molecule has 0 aromatic rings. The van der Waals surface area contributed by atoms with E-state index in [-0.39, 0.29) is 25.7 Å². The minimum absolute atomic E-state index is 0.190. The lowest BCUT2D eigenvalue weighted by Gasteiger charge is -2.42. The number of hydrogen-bond donors (Lipinski definition) is 1. The van der Waals surface area contributed by atoms with E-state index in [1.165, 1.54) is 0 Å². The number of carbonyl (C=O) groups is 1. The molecule has 0 heterocycles. The summed E-state index contributed by atoms with van der Waals surface area (Å²) in [5.41, 5.74) is 0. The molecule has 0 unspecified atom stereocenters. The fraction of sp³-hybridized carbons (Fsp3) is 0.938. The summed E-state index contributed by atoms with van der Waals surface area (Å²) in [6.07, 6.45) is -6.92. The molecule has 0 aliphatic heterocycles. The maximum Gasteiger partial charge on any atom is 0.460 e. The van der Waals surface area contributed by atoms with Crippen LogP contribution >= 0.6 is 0 Å². The van der Waals surface area contributed by atoms with Crippen molar-refractivity contribution in [3.8, 4) is 0 Å². The van der Waals surface area contributed by atoms with E-state index in [1.807, 2.05) is 0 Å². The van der Waals surface area contributed by atoms with Gasteiger partial charge in [-0.25, -0.2) is 0 Å². The number of halogens is 17. The van der Waals surface area contributed by atoms with Gasteiger partial charge in [0.1, 0.15) is 0 Å². The summed E-state index contributed by atoms with van der Waals surface area (Å²) in [4.78, 5) is 11.5. The molecule has 0 aromatic carbocycles. The third kappa shape index (κ3) is 4.59. The Morgan fingerprint density at radius 3 is 1.14 bits per heavy atom. The van der Waals surface area contributed by atoms with Crippen molar-refractivity contribution in [1.82, 2.24) is 5.32 Å². The lowest BCUT2D eigenvalue weighted by atomic mass is 9.88. The molecular weight excluding hydrogens is 545 g/mol. The van der Waals surface area contributed by atoms with Crippen LogP contribution in [0, 0.1) is 0 Å². The molecule has 1 aliphatic rings. The Balaban J connectivity index is 3.47. The van der Waals surface area contributed by atoms with Crippen molar-refractivity contribution in [3.63, 3.8) is 0 Å². The van der Waals surface area contributed by atoms with E-state index >= 15 is 0 Å². The van der Waals surface area contributed by atoms with Gasteiger partial charge in [-0.05, 0) is 12.8 Å². The first-order valence-corrected chi connectivity index (χ1v) is 9.27. The molecule has 1 fully saturated rings. The Kier molecular flexibility index (Phi) is 8.04. The van der Waals surface area contributed by atoms with Gasteiger partial charge in [-0.15, -0.1) is 0 Å². The molecule has 2 nitrogen and oxygen atoms in total. The number of amides is 1. The fourth-order valence-corrected chi connectivity index (χ4v) is 3.01. The first-order chi connectivity index (χ1) is 15.2. The molecule has 0 radical (unpaired) electrons. The van der Waals surface area contributed by atoms with E-state index in [1.54, 1.807) is 0 Å². The predicted molar refractivity (Wildman–Crippen MR) is 80.3 cm³/mol. The quantitative estimate of drug-likeness (QED) is 0.256. The minimum atomic E-state index is -8.71. The van der Waals surface area contributed by atoms with Gasteiger partial charge in [0.05, 0.1) is 0 Å². The molecule has 19 heteroatoms. The van der Waals surface area contributed by atoms with Gasteiger partial charge < -0.3 is 5.32 Å². The van der Waals surface area contributed by atoms with Gasteiger partial charge in [-0.1, -0.05) is 25.7 Å². The zero-order valence-electron chi connectivity index (χ0n) is 16.7. The van der Waals surface area contributed by atoms with Crippen LogP contribution in [0.3, 0.4) is 0 Å². The van der Waals surface area contributed by atoms with E-state index in [4.69, 9.17) is 0 Å². The number of alkyl halides is 17. The van der Waals surface area contributed by atoms with Gasteiger partial charge >= 0.3 is 47.6 Å². The molecule has 35 heavy (non-hydrogen) atoms. The Morgan fingerprint density at radius 1 is 0.486 bits per heavy atom. The largest absolute Gasteiger partial charge is 0.460 e. The number of carbonyl (C=O) groups excluding carboxylic acids is 1. The third-order valence-electron chi connectivity index (χ3n) is 5.20. The standard InChI is InChI=1S/C16H14F17NO/c17-9(18,8(35)34-7-5-3-1-2-4-6-7)10(19,20)11(21,22)12(23,24)13(25,26)14(27,28)15(29,30)16(31,32)33/h7H,1-6H2,(H,34,35). The van der Waals surface area contributed by atoms with Crippen LogP contribution in [0.4, 0.5) is 74.6 Å². The summed E-state index contributed by atoms with van der Waals surface area (Å²) < 4.78 is 224. The topological polar surface area (TPSA) is 29.1 Å². The zero-order valence-corrected chi connectivity index (χ0v) is 16.7. The fourth-order valence-electron chi connectivity index (χ4n) is 3.01. The van der Waals surface area contributed by atoms with Crippen molar-refractivity contribution >= 4 is 5.91 Å². The zero-order chi connectivity index (χ0) is 28.1. The van der Waals surface area contributed by atoms with Crippen LogP contribution in [0.5, 0.6) is 0 Å². The Labute approximate surface area is 184 Å². The van der Waals surface area contributed by atoms with E-state index < -0.39 is 59.6 Å². The molecule has 208 valence electrons. The normalized spacial score (nSPS) is 18.9. The van der Waals surface area contributed by atoms with Crippen LogP contribution in [0.2, 0.25) is 0 Å². The first kappa shape index (κ1) is 31.3. The van der Waals surface area contributed by atoms with Gasteiger partial charge in [0.2, 0.25) is 0 Å². The van der Waals surface area contributed by atoms with E-state index in [9.17, 15) is 79.4 Å². The summed E-state index contributed by atoms with van der Waals surface area (Å²) in [6, 6.07) is -1.41. The van der Waals surface area contributed by atoms with Crippen molar-refractivity contribution in [2.75, 3.05) is 0 Å². The lowest BCUT2D eigenvalue weighted by Crippen LogP contribution is -2.75. The van der Waals surface area contributed by atoms with Crippen LogP contribution < -0.4 is 5.32 Å². The third-order valence-corrected chi connectivity index (χ3v) is 5.20. The summed E-state index contributed by atoms with van der Waals surface area (Å²) in [6.45, 7) is 0. The average molecular weight is 559 g/mol. The van der Waals surface area contributed by atoms with Crippen LogP contribution in [0.15, 0.2) is 0 Å². The molecule has 0 saturated heterocycles. The Morgan fingerprint density at radius 2 is 0.800 bits per heavy atom. The Hall–Kier alpha value is -1.72. The summed E-state index contributed by atoms with van der Waals surface area (Å²) in [5.74, 6) is -61.1. The van der Waals surface area contributed by atoms with E-state index in [0.29, 0.717) is 12.8 Å². The maximum atomic E-state index is 13.8. The molecule has 1 rings (SSSR count). The molecule has 1 N–H and O–H groups in total. The second kappa shape index (κ2) is 8.99. The highest BCUT2D eigenvalue weighted by Crippen LogP contribution is 2.63. The smallest absolute Gasteiger partial charge is 0.348 e. The highest BCUT2D eigenvalue weighted by Gasteiger charge is 2.95. The highest BCUT2D eigenvalue weighted by atomic mass is 19.4. The van der Waals surface area contributed by atoms with Crippen molar-refractivity contribution < 1.29 is 79.4 Å². The van der Waals surface area contributed by atoms with Crippen LogP contribution in [-0.4, -0.2) is 59.6 Å². The van der Waals surface area contributed by atoms with E-state index in [2.05, 4.69) is 0 Å². The van der Waals surface area contributed by atoms with Gasteiger partial charge in [0, 0.05) is 6.04 Å². The van der Waals surface area contributed by atoms with Crippen LogP contribution in [0.25, 0.3) is 0 Å². The molecule has 0 spiro atoms. The van der Waals surface area contributed by atoms with Crippen molar-refractivity contribution in [2.24, 2.45) is 0 Å². The summed E-state index contributed by atoms with van der Waals surface area (Å²) in [5, 5.41) is 1.09. The summed E-state index contributed by atoms with van der Waals surface area (Å²) in [7, 11) is 0. The van der Waals surface area contributed by atoms with Crippen molar-refractivity contribution in [1.29, 1.82) is 0 Å². The first-order valence-electron chi connectivity index (χ1n) is 9.27. The monoisotopic (exact) mass is 559 g/mol. The van der Waals surface area contributed by atoms with Crippen molar-refractivity contribution in [3.05, 3.63) is 0 Å². The SMILES string of the molecule is O=C(NC1CCCCCC1)C(F)(F)C(F)(F)C(F)(F)C(F)(F)C(F)(F)C(F)(F)C(F)(F)C(F)(F)F. The van der Waals surface area contributed by atoms with Crippen molar-refractivity contribution in [2.45, 2.75) is 92.2 Å². The second-order valence-corrected chi connectivity index (χ2v) is 7.68. The number of nitrogens with one attached hydrogen (secondary N) is 1. The van der Waals surface area contributed by atoms with Gasteiger partial charge in [0.25, 0.3) is 5.91 Å². The number of hydrogen-bond acceptors (Lipinski definition) is 1. The highest BCUT2D eigenvalue weighted by molar-refractivity contribution is 5.85. The van der Waals surface area contributed by atoms with Gasteiger partial charge in [0.15, 0.2) is 0 Å². The molecule has 1 amide bonds. The molecule has 1 saturated carbocycles. The van der Waals surface area contributed by atoms with E-state index in [0.717, 1.165) is 5.32 Å². The maximum absolute atomic E-state index is 13.8. The van der Waals surface area contributed by atoms with Gasteiger partial charge in [-0.2, -0.15) is 74.6 Å². The summed E-state index contributed by atoms with van der Waals surface area (Å²) >= 11 is 0. The molecule has 1 aliphatic carbocycles. The predicted octanol–water partition coefficient (Wildman–Crippen LogP) is 6.83.